The van der Waals surface area contributed by atoms with Crippen LogP contribution in [0.15, 0.2) is 11.6 Å². The molecule has 0 aromatic rings. The normalized spacial score (nSPS) is 28.1. The summed E-state index contributed by atoms with van der Waals surface area (Å²) in [6.07, 6.45) is 7.49. The minimum atomic E-state index is -0.301. The van der Waals surface area contributed by atoms with Crippen LogP contribution in [0.4, 0.5) is 0 Å². The van der Waals surface area contributed by atoms with Crippen molar-refractivity contribution in [3.05, 3.63) is 11.6 Å². The highest BCUT2D eigenvalue weighted by molar-refractivity contribution is 5.88. The number of carbonyl (C=O) groups is 2. The average Bonchev–Trinajstić information content (AvgIpc) is 3.01. The molecule has 0 N–H and O–H groups in total. The number of esters is 2. The fourth-order valence-corrected chi connectivity index (χ4v) is 3.44. The summed E-state index contributed by atoms with van der Waals surface area (Å²) >= 11 is 0. The van der Waals surface area contributed by atoms with Crippen LogP contribution in [0.1, 0.15) is 59.8 Å². The van der Waals surface area contributed by atoms with Crippen LogP contribution in [0.3, 0.4) is 0 Å². The molecule has 0 aromatic heterocycles. The third-order valence-electron chi connectivity index (χ3n) is 5.03. The molecule has 0 radical (unpaired) electrons. The first-order valence-corrected chi connectivity index (χ1v) is 8.44. The molecule has 4 heteroatoms. The van der Waals surface area contributed by atoms with Crippen LogP contribution < -0.4 is 0 Å². The second-order valence-corrected chi connectivity index (χ2v) is 7.09. The fourth-order valence-electron chi connectivity index (χ4n) is 3.44. The van der Waals surface area contributed by atoms with Gasteiger partial charge in [-0.05, 0) is 50.9 Å². The topological polar surface area (TPSA) is 52.6 Å². The molecule has 2 aliphatic rings. The van der Waals surface area contributed by atoms with E-state index in [1.54, 1.807) is 13.8 Å². The second-order valence-electron chi connectivity index (χ2n) is 7.09. The van der Waals surface area contributed by atoms with Crippen LogP contribution in [0.25, 0.3) is 0 Å². The lowest BCUT2D eigenvalue weighted by molar-refractivity contribution is -0.153. The van der Waals surface area contributed by atoms with Crippen LogP contribution in [0.2, 0.25) is 0 Å². The Bertz CT molecular complexity index is 458. The molecule has 0 bridgehead atoms. The van der Waals surface area contributed by atoms with Gasteiger partial charge in [-0.15, -0.1) is 0 Å². The lowest BCUT2D eigenvalue weighted by atomic mass is 9.98. The summed E-state index contributed by atoms with van der Waals surface area (Å²) in [6, 6.07) is 0. The zero-order chi connectivity index (χ0) is 16.3. The Labute approximate surface area is 133 Å². The van der Waals surface area contributed by atoms with E-state index < -0.39 is 0 Å². The summed E-state index contributed by atoms with van der Waals surface area (Å²) in [7, 11) is 0. The summed E-state index contributed by atoms with van der Waals surface area (Å²) in [6.45, 7) is 8.01. The van der Waals surface area contributed by atoms with E-state index in [9.17, 15) is 9.59 Å². The Balaban J connectivity index is 1.95. The predicted molar refractivity (Wildman–Crippen MR) is 84.1 cm³/mol. The standard InChI is InChI=1S/C18H28O4/c1-5-21-16(19)12(2)11-14-15(18(14,3)4)17(20)22-13-9-7-6-8-10-13/h11,13-15H,5-10H2,1-4H3. The molecule has 0 aliphatic heterocycles. The quantitative estimate of drug-likeness (QED) is 0.575. The van der Waals surface area contributed by atoms with Crippen LogP contribution >= 0.6 is 0 Å². The van der Waals surface area contributed by atoms with Crippen molar-refractivity contribution in [3.8, 4) is 0 Å². The van der Waals surface area contributed by atoms with Gasteiger partial charge < -0.3 is 9.47 Å². The molecule has 2 rings (SSSR count). The zero-order valence-electron chi connectivity index (χ0n) is 14.2. The maximum atomic E-state index is 12.4. The van der Waals surface area contributed by atoms with E-state index in [-0.39, 0.29) is 35.3 Å². The Morgan fingerprint density at radius 2 is 1.82 bits per heavy atom. The fraction of sp³-hybridized carbons (Fsp3) is 0.778. The number of rotatable bonds is 5. The van der Waals surface area contributed by atoms with Gasteiger partial charge in [0.05, 0.1) is 12.5 Å². The minimum Gasteiger partial charge on any atom is -0.463 e. The molecule has 0 amide bonds. The molecular weight excluding hydrogens is 280 g/mol. The van der Waals surface area contributed by atoms with Gasteiger partial charge in [-0.3, -0.25) is 4.79 Å². The molecule has 2 saturated carbocycles. The van der Waals surface area contributed by atoms with Crippen molar-refractivity contribution in [3.63, 3.8) is 0 Å². The first kappa shape index (κ1) is 17.0. The first-order valence-electron chi connectivity index (χ1n) is 8.44. The van der Waals surface area contributed by atoms with Crippen molar-refractivity contribution in [1.82, 2.24) is 0 Å². The van der Waals surface area contributed by atoms with Crippen LogP contribution in [0.5, 0.6) is 0 Å². The molecule has 2 fully saturated rings. The highest BCUT2D eigenvalue weighted by Gasteiger charge is 2.61. The van der Waals surface area contributed by atoms with E-state index in [4.69, 9.17) is 9.47 Å². The first-order chi connectivity index (χ1) is 10.4. The Hall–Kier alpha value is -1.32. The molecule has 4 nitrogen and oxygen atoms in total. The average molecular weight is 308 g/mol. The number of allylic oxidation sites excluding steroid dienone is 1. The maximum absolute atomic E-state index is 12.4. The summed E-state index contributed by atoms with van der Waals surface area (Å²) in [4.78, 5) is 24.1. The SMILES string of the molecule is CCOC(=O)C(C)=CC1C(C(=O)OC2CCCCC2)C1(C)C. The molecule has 2 atom stereocenters. The van der Waals surface area contributed by atoms with Gasteiger partial charge >= 0.3 is 11.9 Å². The summed E-state index contributed by atoms with van der Waals surface area (Å²) in [5, 5.41) is 0. The molecule has 0 spiro atoms. The predicted octanol–water partition coefficient (Wildman–Crippen LogP) is 3.64. The van der Waals surface area contributed by atoms with Crippen LogP contribution in [0, 0.1) is 17.3 Å². The van der Waals surface area contributed by atoms with Gasteiger partial charge in [0.25, 0.3) is 0 Å². The van der Waals surface area contributed by atoms with Crippen LogP contribution in [-0.2, 0) is 19.1 Å². The molecule has 2 unspecified atom stereocenters. The van der Waals surface area contributed by atoms with E-state index in [0.717, 1.165) is 25.7 Å². The van der Waals surface area contributed by atoms with E-state index in [1.807, 2.05) is 6.08 Å². The lowest BCUT2D eigenvalue weighted by Gasteiger charge is -2.22. The van der Waals surface area contributed by atoms with Crippen molar-refractivity contribution in [2.24, 2.45) is 17.3 Å². The third kappa shape index (κ3) is 3.71. The number of hydrogen-bond acceptors (Lipinski definition) is 4. The van der Waals surface area contributed by atoms with Gasteiger partial charge in [-0.2, -0.15) is 0 Å². The van der Waals surface area contributed by atoms with Gasteiger partial charge in [0.2, 0.25) is 0 Å². The Kier molecular flexibility index (Phi) is 5.30. The lowest BCUT2D eigenvalue weighted by Crippen LogP contribution is -2.23. The van der Waals surface area contributed by atoms with Crippen molar-refractivity contribution in [2.45, 2.75) is 65.9 Å². The van der Waals surface area contributed by atoms with Crippen molar-refractivity contribution < 1.29 is 19.1 Å². The smallest absolute Gasteiger partial charge is 0.333 e. The summed E-state index contributed by atoms with van der Waals surface area (Å²) in [5.41, 5.74) is 0.437. The van der Waals surface area contributed by atoms with Gasteiger partial charge in [0.15, 0.2) is 0 Å². The van der Waals surface area contributed by atoms with E-state index in [1.165, 1.54) is 6.42 Å². The molecule has 22 heavy (non-hydrogen) atoms. The molecule has 0 heterocycles. The Morgan fingerprint density at radius 3 is 2.41 bits per heavy atom. The third-order valence-corrected chi connectivity index (χ3v) is 5.03. The van der Waals surface area contributed by atoms with Crippen molar-refractivity contribution in [1.29, 1.82) is 0 Å². The van der Waals surface area contributed by atoms with E-state index in [0.29, 0.717) is 12.2 Å². The molecule has 0 aromatic carbocycles. The number of hydrogen-bond donors (Lipinski definition) is 0. The van der Waals surface area contributed by atoms with Gasteiger partial charge in [-0.1, -0.05) is 26.3 Å². The minimum absolute atomic E-state index is 0.0630. The molecule has 2 aliphatic carbocycles. The number of carbonyl (C=O) groups excluding carboxylic acids is 2. The van der Waals surface area contributed by atoms with E-state index >= 15 is 0 Å². The molecule has 0 saturated heterocycles. The highest BCUT2D eigenvalue weighted by Crippen LogP contribution is 2.60. The zero-order valence-corrected chi connectivity index (χ0v) is 14.2. The highest BCUT2D eigenvalue weighted by atomic mass is 16.5. The molecule has 124 valence electrons. The Morgan fingerprint density at radius 1 is 1.18 bits per heavy atom. The summed E-state index contributed by atoms with van der Waals surface area (Å²) in [5.74, 6) is -0.480. The van der Waals surface area contributed by atoms with Gasteiger partial charge in [-0.25, -0.2) is 4.79 Å². The monoisotopic (exact) mass is 308 g/mol. The largest absolute Gasteiger partial charge is 0.463 e. The van der Waals surface area contributed by atoms with Crippen molar-refractivity contribution >= 4 is 11.9 Å². The maximum Gasteiger partial charge on any atom is 0.333 e. The van der Waals surface area contributed by atoms with Crippen molar-refractivity contribution in [2.75, 3.05) is 6.61 Å². The second kappa shape index (κ2) is 6.84. The summed E-state index contributed by atoms with van der Waals surface area (Å²) < 4.78 is 10.7. The van der Waals surface area contributed by atoms with E-state index in [2.05, 4.69) is 13.8 Å². The van der Waals surface area contributed by atoms with Crippen LogP contribution in [-0.4, -0.2) is 24.6 Å². The van der Waals surface area contributed by atoms with Gasteiger partial charge in [0.1, 0.15) is 6.10 Å². The van der Waals surface area contributed by atoms with Gasteiger partial charge in [0, 0.05) is 5.57 Å². The molecular formula is C18H28O4. The number of ether oxygens (including phenoxy) is 2.